The fourth-order valence-electron chi connectivity index (χ4n) is 3.41. The molecule has 1 aliphatic rings. The minimum absolute atomic E-state index is 0.291. The molecule has 1 aromatic carbocycles. The lowest BCUT2D eigenvalue weighted by Crippen LogP contribution is -2.17. The molecular formula is C21H25NO5S. The van der Waals surface area contributed by atoms with E-state index in [9.17, 15) is 9.59 Å². The lowest BCUT2D eigenvalue weighted by atomic mass is 9.88. The summed E-state index contributed by atoms with van der Waals surface area (Å²) in [4.78, 5) is 26.7. The van der Waals surface area contributed by atoms with Gasteiger partial charge in [-0.15, -0.1) is 11.3 Å². The number of fused-ring (bicyclic) bond motifs is 1. The third-order valence-electron chi connectivity index (χ3n) is 4.87. The molecule has 1 aromatic heterocycles. The Hall–Kier alpha value is -2.54. The van der Waals surface area contributed by atoms with Gasteiger partial charge in [-0.05, 0) is 49.8 Å². The molecule has 7 heteroatoms. The largest absolute Gasteiger partial charge is 0.497 e. The number of hydrogen-bond acceptors (Lipinski definition) is 6. The molecule has 150 valence electrons. The van der Waals surface area contributed by atoms with Crippen LogP contribution in [-0.2, 0) is 17.6 Å². The molecule has 1 aliphatic carbocycles. The van der Waals surface area contributed by atoms with Gasteiger partial charge in [0, 0.05) is 10.9 Å². The first-order valence-corrected chi connectivity index (χ1v) is 10.1. The van der Waals surface area contributed by atoms with E-state index in [0.29, 0.717) is 40.2 Å². The minimum Gasteiger partial charge on any atom is -0.497 e. The monoisotopic (exact) mass is 403 g/mol. The average Bonchev–Trinajstić information content (AvgIpc) is 3.04. The number of anilines is 1. The van der Waals surface area contributed by atoms with E-state index in [-0.39, 0.29) is 11.9 Å². The average molecular weight is 404 g/mol. The standard InChI is InChI=1S/C21H25NO5S/c1-5-27-21(24)18-15-8-6-12(2)10-17(15)28-20(18)22-19(23)14-9-7-13(25-3)11-16(14)26-4/h7,9,11-12H,5-6,8,10H2,1-4H3,(H,22,23)/t12-/m0/s1. The number of hydrogen-bond donors (Lipinski definition) is 1. The van der Waals surface area contributed by atoms with E-state index in [2.05, 4.69) is 12.2 Å². The second-order valence-electron chi connectivity index (χ2n) is 6.80. The maximum absolute atomic E-state index is 12.9. The summed E-state index contributed by atoms with van der Waals surface area (Å²) in [5, 5.41) is 3.45. The zero-order valence-electron chi connectivity index (χ0n) is 16.6. The number of rotatable bonds is 6. The molecular weight excluding hydrogens is 378 g/mol. The number of carbonyl (C=O) groups is 2. The number of thiophene rings is 1. The predicted octanol–water partition coefficient (Wildman–Crippen LogP) is 4.32. The quantitative estimate of drug-likeness (QED) is 0.727. The molecule has 1 atom stereocenters. The second-order valence-corrected chi connectivity index (χ2v) is 7.90. The van der Waals surface area contributed by atoms with Crippen LogP contribution in [-0.4, -0.2) is 32.7 Å². The van der Waals surface area contributed by atoms with Crippen molar-refractivity contribution in [2.45, 2.75) is 33.1 Å². The first-order valence-electron chi connectivity index (χ1n) is 9.33. The van der Waals surface area contributed by atoms with Crippen molar-refractivity contribution >= 4 is 28.2 Å². The van der Waals surface area contributed by atoms with Crippen molar-refractivity contribution in [3.05, 3.63) is 39.8 Å². The normalized spacial score (nSPS) is 15.5. The van der Waals surface area contributed by atoms with Gasteiger partial charge in [-0.1, -0.05) is 6.92 Å². The third kappa shape index (κ3) is 3.99. The van der Waals surface area contributed by atoms with Crippen LogP contribution >= 0.6 is 11.3 Å². The van der Waals surface area contributed by atoms with Crippen LogP contribution in [0.3, 0.4) is 0 Å². The summed E-state index contributed by atoms with van der Waals surface area (Å²) in [7, 11) is 3.05. The van der Waals surface area contributed by atoms with Gasteiger partial charge >= 0.3 is 5.97 Å². The van der Waals surface area contributed by atoms with Crippen molar-refractivity contribution in [1.29, 1.82) is 0 Å². The van der Waals surface area contributed by atoms with E-state index < -0.39 is 0 Å². The third-order valence-corrected chi connectivity index (χ3v) is 6.04. The SMILES string of the molecule is CCOC(=O)c1c(NC(=O)c2ccc(OC)cc2OC)sc2c1CC[C@H](C)C2. The minimum atomic E-state index is -0.383. The van der Waals surface area contributed by atoms with Crippen LogP contribution in [0.2, 0.25) is 0 Å². The summed E-state index contributed by atoms with van der Waals surface area (Å²) in [6, 6.07) is 5.00. The molecule has 0 bridgehead atoms. The first kappa shape index (κ1) is 20.2. The fourth-order valence-corrected chi connectivity index (χ4v) is 4.81. The zero-order valence-corrected chi connectivity index (χ0v) is 17.4. The van der Waals surface area contributed by atoms with Crippen molar-refractivity contribution in [3.8, 4) is 11.5 Å². The van der Waals surface area contributed by atoms with Crippen LogP contribution in [0.1, 0.15) is 51.4 Å². The Labute approximate surface area is 168 Å². The van der Waals surface area contributed by atoms with Crippen LogP contribution in [0.25, 0.3) is 0 Å². The molecule has 1 amide bonds. The fraction of sp³-hybridized carbons (Fsp3) is 0.429. The highest BCUT2D eigenvalue weighted by Gasteiger charge is 2.29. The van der Waals surface area contributed by atoms with Gasteiger partial charge < -0.3 is 19.5 Å². The molecule has 0 unspecified atom stereocenters. The molecule has 1 N–H and O–H groups in total. The maximum Gasteiger partial charge on any atom is 0.341 e. The van der Waals surface area contributed by atoms with Gasteiger partial charge in [-0.2, -0.15) is 0 Å². The van der Waals surface area contributed by atoms with E-state index in [1.54, 1.807) is 32.2 Å². The number of ether oxygens (including phenoxy) is 3. The summed E-state index contributed by atoms with van der Waals surface area (Å²) in [6.07, 6.45) is 2.76. The summed E-state index contributed by atoms with van der Waals surface area (Å²) < 4.78 is 15.8. The molecule has 0 saturated heterocycles. The van der Waals surface area contributed by atoms with Gasteiger partial charge in [0.15, 0.2) is 0 Å². The van der Waals surface area contributed by atoms with Crippen LogP contribution < -0.4 is 14.8 Å². The highest BCUT2D eigenvalue weighted by Crippen LogP contribution is 2.40. The van der Waals surface area contributed by atoms with Crippen LogP contribution in [0.4, 0.5) is 5.00 Å². The van der Waals surface area contributed by atoms with Crippen LogP contribution in [0, 0.1) is 5.92 Å². The molecule has 6 nitrogen and oxygen atoms in total. The van der Waals surface area contributed by atoms with E-state index >= 15 is 0 Å². The first-order chi connectivity index (χ1) is 13.5. The highest BCUT2D eigenvalue weighted by atomic mass is 32.1. The number of benzene rings is 1. The van der Waals surface area contributed by atoms with Crippen molar-refractivity contribution in [3.63, 3.8) is 0 Å². The van der Waals surface area contributed by atoms with Crippen LogP contribution in [0.5, 0.6) is 11.5 Å². The topological polar surface area (TPSA) is 73.9 Å². The van der Waals surface area contributed by atoms with Crippen molar-refractivity contribution < 1.29 is 23.8 Å². The van der Waals surface area contributed by atoms with E-state index in [1.165, 1.54) is 18.4 Å². The Morgan fingerprint density at radius 1 is 1.25 bits per heavy atom. The van der Waals surface area contributed by atoms with Gasteiger partial charge in [-0.3, -0.25) is 4.79 Å². The molecule has 2 aromatic rings. The Balaban J connectivity index is 1.95. The Bertz CT molecular complexity index is 889. The highest BCUT2D eigenvalue weighted by molar-refractivity contribution is 7.17. The molecule has 0 spiro atoms. The smallest absolute Gasteiger partial charge is 0.341 e. The molecule has 0 radical (unpaired) electrons. The number of carbonyl (C=O) groups excluding carboxylic acids is 2. The summed E-state index contributed by atoms with van der Waals surface area (Å²) in [5.41, 5.74) is 1.88. The summed E-state index contributed by atoms with van der Waals surface area (Å²) in [6.45, 7) is 4.27. The van der Waals surface area contributed by atoms with Crippen molar-refractivity contribution in [2.75, 3.05) is 26.1 Å². The molecule has 1 heterocycles. The lowest BCUT2D eigenvalue weighted by Gasteiger charge is -2.18. The number of nitrogens with one attached hydrogen (secondary N) is 1. The number of amides is 1. The van der Waals surface area contributed by atoms with Gasteiger partial charge in [0.1, 0.15) is 16.5 Å². The molecule has 0 aliphatic heterocycles. The molecule has 28 heavy (non-hydrogen) atoms. The Morgan fingerprint density at radius 3 is 2.71 bits per heavy atom. The van der Waals surface area contributed by atoms with Gasteiger partial charge in [-0.25, -0.2) is 4.79 Å². The molecule has 0 saturated carbocycles. The molecule has 0 fully saturated rings. The Morgan fingerprint density at radius 2 is 2.04 bits per heavy atom. The zero-order chi connectivity index (χ0) is 20.3. The van der Waals surface area contributed by atoms with E-state index in [1.807, 2.05) is 0 Å². The van der Waals surface area contributed by atoms with Crippen molar-refractivity contribution in [1.82, 2.24) is 0 Å². The van der Waals surface area contributed by atoms with Gasteiger partial charge in [0.05, 0.1) is 32.0 Å². The summed E-state index contributed by atoms with van der Waals surface area (Å²) >= 11 is 1.47. The van der Waals surface area contributed by atoms with E-state index in [0.717, 1.165) is 29.7 Å². The van der Waals surface area contributed by atoms with Gasteiger partial charge in [0.25, 0.3) is 5.91 Å². The lowest BCUT2D eigenvalue weighted by molar-refractivity contribution is 0.0526. The number of methoxy groups -OCH3 is 2. The van der Waals surface area contributed by atoms with E-state index in [4.69, 9.17) is 14.2 Å². The summed E-state index contributed by atoms with van der Waals surface area (Å²) in [5.74, 6) is 0.848. The van der Waals surface area contributed by atoms with Gasteiger partial charge in [0.2, 0.25) is 0 Å². The second kappa shape index (κ2) is 8.65. The van der Waals surface area contributed by atoms with Crippen molar-refractivity contribution in [2.24, 2.45) is 5.92 Å². The Kier molecular flexibility index (Phi) is 6.24. The predicted molar refractivity (Wildman–Crippen MR) is 109 cm³/mol. The maximum atomic E-state index is 12.9. The van der Waals surface area contributed by atoms with Crippen LogP contribution in [0.15, 0.2) is 18.2 Å². The molecule has 3 rings (SSSR count). The number of esters is 1.